The van der Waals surface area contributed by atoms with Crippen molar-refractivity contribution in [3.63, 3.8) is 0 Å². The minimum Gasteiger partial charge on any atom is -0.455 e. The van der Waals surface area contributed by atoms with E-state index in [4.69, 9.17) is 19.4 Å². The molecule has 0 saturated carbocycles. The average Bonchev–Trinajstić information content (AvgIpc) is 3.74. The van der Waals surface area contributed by atoms with Gasteiger partial charge < -0.3 is 4.42 Å². The molecule has 0 aliphatic carbocycles. The fraction of sp³-hybridized carbons (Fsp3) is 0. The van der Waals surface area contributed by atoms with E-state index in [0.29, 0.717) is 5.82 Å². The Morgan fingerprint density at radius 3 is 1.36 bits per heavy atom. The largest absolute Gasteiger partial charge is 0.455 e. The number of hydrogen-bond acceptors (Lipinski definition) is 4. The Morgan fingerprint density at radius 2 is 0.754 bits per heavy atom. The monoisotopic (exact) mass is 779 g/mol. The van der Waals surface area contributed by atoms with E-state index in [-0.39, 0.29) is 0 Å². The van der Waals surface area contributed by atoms with Crippen molar-refractivity contribution in [2.45, 2.75) is 0 Å². The molecule has 0 N–H and O–H groups in total. The van der Waals surface area contributed by atoms with Crippen LogP contribution in [0.15, 0.2) is 229 Å². The third-order valence-corrected chi connectivity index (χ3v) is 11.3. The molecule has 11 aromatic rings. The second-order valence-corrected chi connectivity index (χ2v) is 15.1. The first kappa shape index (κ1) is 35.9. The molecule has 61 heavy (non-hydrogen) atoms. The standard InChI is InChI=1S/C57H37N3O/c1-6-20-38(21-7-1)52-51(53(39-22-8-2-9-23-39)55(41-26-12-4-13-27-41)60-54(52)40-24-10-3-11-25-40)44-31-18-30-43(36-44)48-37-49(59-57(58-48)42-28-14-5-15-29-42)47-34-19-33-46-45-32-16-17-35-50(45)61-56(46)47/h1-37H. The second kappa shape index (κ2) is 15.5. The zero-order chi connectivity index (χ0) is 40.5. The van der Waals surface area contributed by atoms with Crippen LogP contribution in [0.4, 0.5) is 0 Å². The van der Waals surface area contributed by atoms with Crippen molar-refractivity contribution in [2.24, 2.45) is 0 Å². The highest BCUT2D eigenvalue weighted by Crippen LogP contribution is 2.49. The van der Waals surface area contributed by atoms with E-state index < -0.39 is 0 Å². The summed E-state index contributed by atoms with van der Waals surface area (Å²) < 4.78 is 6.55. The van der Waals surface area contributed by atoms with Crippen LogP contribution < -0.4 is 0 Å². The van der Waals surface area contributed by atoms with Crippen LogP contribution in [0.3, 0.4) is 0 Å². The van der Waals surface area contributed by atoms with Crippen LogP contribution in [0.2, 0.25) is 0 Å². The Kier molecular flexibility index (Phi) is 9.14. The van der Waals surface area contributed by atoms with E-state index >= 15 is 0 Å². The van der Waals surface area contributed by atoms with E-state index in [1.54, 1.807) is 0 Å². The zero-order valence-corrected chi connectivity index (χ0v) is 33.1. The van der Waals surface area contributed by atoms with Crippen molar-refractivity contribution < 1.29 is 4.42 Å². The molecule has 3 heterocycles. The van der Waals surface area contributed by atoms with Crippen LogP contribution in [0.25, 0.3) is 112 Å². The van der Waals surface area contributed by atoms with Crippen molar-refractivity contribution in [1.82, 2.24) is 15.0 Å². The van der Waals surface area contributed by atoms with Gasteiger partial charge in [-0.05, 0) is 41.0 Å². The van der Waals surface area contributed by atoms with Gasteiger partial charge in [-0.3, -0.25) is 0 Å². The van der Waals surface area contributed by atoms with Crippen LogP contribution in [-0.4, -0.2) is 15.0 Å². The molecule has 0 atom stereocenters. The molecule has 0 aliphatic rings. The highest BCUT2D eigenvalue weighted by atomic mass is 16.3. The summed E-state index contributed by atoms with van der Waals surface area (Å²) >= 11 is 0. The van der Waals surface area contributed by atoms with Crippen molar-refractivity contribution in [2.75, 3.05) is 0 Å². The van der Waals surface area contributed by atoms with Gasteiger partial charge in [0.2, 0.25) is 0 Å². The van der Waals surface area contributed by atoms with E-state index in [2.05, 4.69) is 188 Å². The number of pyridine rings is 1. The SMILES string of the molecule is c1ccc(-c2nc(-c3cccc(-c4c(-c5ccccc5)c(-c5ccccc5)nc(-c5ccccc5)c4-c4ccccc4)c3)cc(-c3cccc4c3oc3ccccc34)n2)cc1. The molecule has 0 spiro atoms. The summed E-state index contributed by atoms with van der Waals surface area (Å²) in [5.41, 5.74) is 16.4. The van der Waals surface area contributed by atoms with Crippen molar-refractivity contribution in [3.8, 4) is 89.8 Å². The molecule has 286 valence electrons. The number of hydrogen-bond donors (Lipinski definition) is 0. The lowest BCUT2D eigenvalue weighted by Gasteiger charge is -2.23. The number of para-hydroxylation sites is 2. The van der Waals surface area contributed by atoms with E-state index in [1.165, 1.54) is 0 Å². The molecule has 0 amide bonds. The number of furan rings is 1. The molecular weight excluding hydrogens is 743 g/mol. The fourth-order valence-corrected chi connectivity index (χ4v) is 8.49. The summed E-state index contributed by atoms with van der Waals surface area (Å²) in [6.45, 7) is 0. The summed E-state index contributed by atoms with van der Waals surface area (Å²) in [7, 11) is 0. The number of fused-ring (bicyclic) bond motifs is 3. The van der Waals surface area contributed by atoms with Gasteiger partial charge in [0.05, 0.1) is 22.8 Å². The quantitative estimate of drug-likeness (QED) is 0.154. The molecule has 11 rings (SSSR count). The van der Waals surface area contributed by atoms with Gasteiger partial charge in [0.25, 0.3) is 0 Å². The van der Waals surface area contributed by atoms with Crippen molar-refractivity contribution in [1.29, 1.82) is 0 Å². The van der Waals surface area contributed by atoms with Gasteiger partial charge in [-0.2, -0.15) is 0 Å². The fourth-order valence-electron chi connectivity index (χ4n) is 8.49. The summed E-state index contributed by atoms with van der Waals surface area (Å²) in [6, 6.07) is 77.9. The van der Waals surface area contributed by atoms with Crippen LogP contribution in [0.5, 0.6) is 0 Å². The topological polar surface area (TPSA) is 51.8 Å². The Labute approximate surface area is 354 Å². The lowest BCUT2D eigenvalue weighted by molar-refractivity contribution is 0.670. The summed E-state index contributed by atoms with van der Waals surface area (Å²) in [5.74, 6) is 0.642. The average molecular weight is 780 g/mol. The maximum absolute atomic E-state index is 6.55. The van der Waals surface area contributed by atoms with Gasteiger partial charge in [0.15, 0.2) is 5.82 Å². The third-order valence-electron chi connectivity index (χ3n) is 11.3. The van der Waals surface area contributed by atoms with Crippen LogP contribution in [0.1, 0.15) is 0 Å². The van der Waals surface area contributed by atoms with Gasteiger partial charge >= 0.3 is 0 Å². The number of aromatic nitrogens is 3. The highest BCUT2D eigenvalue weighted by molar-refractivity contribution is 6.09. The predicted octanol–water partition coefficient (Wildman–Crippen LogP) is 15.1. The lowest BCUT2D eigenvalue weighted by atomic mass is 9.83. The molecule has 8 aromatic carbocycles. The number of rotatable bonds is 8. The van der Waals surface area contributed by atoms with Gasteiger partial charge in [-0.1, -0.05) is 200 Å². The molecule has 0 radical (unpaired) electrons. The molecule has 0 saturated heterocycles. The number of benzene rings is 8. The molecule has 0 bridgehead atoms. The van der Waals surface area contributed by atoms with E-state index in [1.807, 2.05) is 36.4 Å². The molecule has 0 unspecified atom stereocenters. The minimum atomic E-state index is 0.642. The van der Waals surface area contributed by atoms with E-state index in [0.717, 1.165) is 106 Å². The second-order valence-electron chi connectivity index (χ2n) is 15.1. The van der Waals surface area contributed by atoms with Crippen LogP contribution in [0, 0.1) is 0 Å². The number of nitrogens with zero attached hydrogens (tertiary/aromatic N) is 3. The smallest absolute Gasteiger partial charge is 0.160 e. The van der Waals surface area contributed by atoms with Crippen LogP contribution in [-0.2, 0) is 0 Å². The molecule has 4 nitrogen and oxygen atoms in total. The van der Waals surface area contributed by atoms with Crippen molar-refractivity contribution in [3.05, 3.63) is 224 Å². The van der Waals surface area contributed by atoms with Crippen LogP contribution >= 0.6 is 0 Å². The summed E-state index contributed by atoms with van der Waals surface area (Å²) in [6.07, 6.45) is 0. The van der Waals surface area contributed by atoms with Gasteiger partial charge in [0.1, 0.15) is 11.2 Å². The first-order valence-corrected chi connectivity index (χ1v) is 20.5. The molecular formula is C57H37N3O. The maximum Gasteiger partial charge on any atom is 0.160 e. The van der Waals surface area contributed by atoms with Gasteiger partial charge in [-0.15, -0.1) is 0 Å². The first-order valence-electron chi connectivity index (χ1n) is 20.5. The Balaban J connectivity index is 1.20. The molecule has 4 heteroatoms. The predicted molar refractivity (Wildman–Crippen MR) is 251 cm³/mol. The van der Waals surface area contributed by atoms with Gasteiger partial charge in [-0.25, -0.2) is 15.0 Å². The molecule has 0 aliphatic heterocycles. The minimum absolute atomic E-state index is 0.642. The molecule has 3 aromatic heterocycles. The van der Waals surface area contributed by atoms with Crippen molar-refractivity contribution >= 4 is 21.9 Å². The Hall–Kier alpha value is -8.21. The lowest BCUT2D eigenvalue weighted by Crippen LogP contribution is -2.02. The highest BCUT2D eigenvalue weighted by Gasteiger charge is 2.26. The Bertz CT molecular complexity index is 3230. The normalized spacial score (nSPS) is 11.3. The zero-order valence-electron chi connectivity index (χ0n) is 33.1. The van der Waals surface area contributed by atoms with E-state index in [9.17, 15) is 0 Å². The Morgan fingerprint density at radius 1 is 0.295 bits per heavy atom. The van der Waals surface area contributed by atoms with Gasteiger partial charge in [0, 0.05) is 55.3 Å². The molecule has 0 fully saturated rings. The maximum atomic E-state index is 6.55. The third kappa shape index (κ3) is 6.67. The summed E-state index contributed by atoms with van der Waals surface area (Å²) in [4.78, 5) is 16.1. The summed E-state index contributed by atoms with van der Waals surface area (Å²) in [5, 5.41) is 2.13. The first-order chi connectivity index (χ1) is 30.3.